The maximum absolute atomic E-state index is 14.0. The lowest BCUT2D eigenvalue weighted by Gasteiger charge is -2.41. The summed E-state index contributed by atoms with van der Waals surface area (Å²) in [7, 11) is 5.96. The number of hydrogen-bond donors (Lipinski definition) is 3. The van der Waals surface area contributed by atoms with Crippen LogP contribution < -0.4 is 15.5 Å². The lowest BCUT2D eigenvalue weighted by atomic mass is 9.86. The highest BCUT2D eigenvalue weighted by Gasteiger charge is 2.44. The number of anilines is 1. The van der Waals surface area contributed by atoms with E-state index in [1.54, 1.807) is 19.9 Å². The van der Waals surface area contributed by atoms with Gasteiger partial charge in [0.05, 0.1) is 22.1 Å². The largest absolute Gasteiger partial charge is 0.484 e. The maximum Gasteiger partial charge on any atom is 0.199 e. The number of hydrogen-bond acceptors (Lipinski definition) is 6. The van der Waals surface area contributed by atoms with E-state index in [2.05, 4.69) is 10.2 Å². The highest BCUT2D eigenvalue weighted by Crippen LogP contribution is 2.46. The van der Waals surface area contributed by atoms with E-state index in [0.29, 0.717) is 39.8 Å². The van der Waals surface area contributed by atoms with Gasteiger partial charge in [-0.25, -0.2) is 0 Å². The molecule has 0 aliphatic carbocycles. The summed E-state index contributed by atoms with van der Waals surface area (Å²) in [5.41, 5.74) is 1.37. The van der Waals surface area contributed by atoms with Crippen LogP contribution in [0.3, 0.4) is 0 Å². The summed E-state index contributed by atoms with van der Waals surface area (Å²) in [6, 6.07) is 13.7. The monoisotopic (exact) mass is 475 g/mol. The van der Waals surface area contributed by atoms with Crippen molar-refractivity contribution in [3.05, 3.63) is 58.3 Å². The van der Waals surface area contributed by atoms with E-state index >= 15 is 0 Å². The molecule has 0 radical (unpaired) electrons. The summed E-state index contributed by atoms with van der Waals surface area (Å²) in [6.45, 7) is 5.10. The molecule has 4 aromatic rings. The molecule has 0 saturated heterocycles. The van der Waals surface area contributed by atoms with Crippen molar-refractivity contribution in [2.24, 2.45) is 7.05 Å². The second-order valence-electron chi connectivity index (χ2n) is 10.3. The lowest BCUT2D eigenvalue weighted by molar-refractivity contribution is -0.111. The second-order valence-corrected chi connectivity index (χ2v) is 10.3. The van der Waals surface area contributed by atoms with Gasteiger partial charge in [-0.15, -0.1) is 0 Å². The number of fused-ring (bicyclic) bond motifs is 5. The van der Waals surface area contributed by atoms with Crippen LogP contribution in [0.2, 0.25) is 0 Å². The Morgan fingerprint density at radius 2 is 1.80 bits per heavy atom. The number of nitrogens with one attached hydrogen (secondary N) is 1. The van der Waals surface area contributed by atoms with Gasteiger partial charge >= 0.3 is 0 Å². The first-order valence-corrected chi connectivity index (χ1v) is 12.1. The zero-order valence-corrected chi connectivity index (χ0v) is 20.9. The van der Waals surface area contributed by atoms with Crippen LogP contribution in [0.5, 0.6) is 5.75 Å². The van der Waals surface area contributed by atoms with Crippen molar-refractivity contribution >= 4 is 38.3 Å². The first-order valence-electron chi connectivity index (χ1n) is 12.1. The summed E-state index contributed by atoms with van der Waals surface area (Å²) >= 11 is 0. The smallest absolute Gasteiger partial charge is 0.199 e. The van der Waals surface area contributed by atoms with Gasteiger partial charge in [0.15, 0.2) is 5.43 Å². The van der Waals surface area contributed by atoms with Crippen molar-refractivity contribution in [1.82, 2.24) is 9.47 Å². The third-order valence-corrected chi connectivity index (χ3v) is 7.11. The van der Waals surface area contributed by atoms with Gasteiger partial charge in [-0.2, -0.15) is 0 Å². The molecular formula is C28H33N3O4. The highest BCUT2D eigenvalue weighted by molar-refractivity contribution is 6.06. The van der Waals surface area contributed by atoms with Gasteiger partial charge in [0.25, 0.3) is 0 Å². The van der Waals surface area contributed by atoms with Gasteiger partial charge < -0.3 is 29.7 Å². The summed E-state index contributed by atoms with van der Waals surface area (Å²) in [5.74, 6) is 0.477. The fourth-order valence-electron chi connectivity index (χ4n) is 5.19. The summed E-state index contributed by atoms with van der Waals surface area (Å²) in [6.07, 6.45) is -1.43. The number of aliphatic hydroxyl groups is 2. The molecular weight excluding hydrogens is 442 g/mol. The fourth-order valence-corrected chi connectivity index (χ4v) is 5.19. The van der Waals surface area contributed by atoms with E-state index in [-0.39, 0.29) is 5.43 Å². The topological polar surface area (TPSA) is 87.0 Å². The molecule has 35 heavy (non-hydrogen) atoms. The van der Waals surface area contributed by atoms with E-state index in [9.17, 15) is 15.0 Å². The average molecular weight is 476 g/mol. The molecule has 3 N–H and O–H groups in total. The number of aromatic nitrogens is 1. The van der Waals surface area contributed by atoms with Crippen molar-refractivity contribution in [1.29, 1.82) is 0 Å². The quantitative estimate of drug-likeness (QED) is 0.301. The minimum atomic E-state index is -1.19. The third-order valence-electron chi connectivity index (χ3n) is 7.11. The van der Waals surface area contributed by atoms with E-state index in [1.165, 1.54) is 0 Å². The number of rotatable bonds is 5. The Hall–Kier alpha value is -3.13. The molecule has 1 aromatic heterocycles. The molecule has 0 amide bonds. The molecule has 0 fully saturated rings. The van der Waals surface area contributed by atoms with Crippen LogP contribution in [0, 0.1) is 0 Å². The van der Waals surface area contributed by atoms with Crippen LogP contribution in [0.4, 0.5) is 5.69 Å². The third kappa shape index (κ3) is 3.84. The lowest BCUT2D eigenvalue weighted by Crippen LogP contribution is -2.49. The SMILES string of the molecule is CN(C)CCCNc1cc2c(c3c1c(=O)c1cc4ccccc4cc1n3C)[C@@H](O)[C@@H](O)C(C)(C)O2. The molecule has 0 unspecified atom stereocenters. The summed E-state index contributed by atoms with van der Waals surface area (Å²) in [4.78, 5) is 16.1. The van der Waals surface area contributed by atoms with Gasteiger partial charge in [-0.1, -0.05) is 24.3 Å². The van der Waals surface area contributed by atoms with E-state index in [4.69, 9.17) is 4.74 Å². The van der Waals surface area contributed by atoms with Crippen molar-refractivity contribution in [2.45, 2.75) is 38.1 Å². The summed E-state index contributed by atoms with van der Waals surface area (Å²) < 4.78 is 8.14. The predicted molar refractivity (Wildman–Crippen MR) is 142 cm³/mol. The molecule has 1 aliphatic heterocycles. The fraction of sp³-hybridized carbons (Fsp3) is 0.393. The molecule has 2 heterocycles. The number of nitrogens with zero attached hydrogens (tertiary/aromatic N) is 2. The van der Waals surface area contributed by atoms with Crippen LogP contribution in [-0.4, -0.2) is 58.6 Å². The van der Waals surface area contributed by atoms with Gasteiger partial charge in [0, 0.05) is 30.6 Å². The Balaban J connectivity index is 1.83. The van der Waals surface area contributed by atoms with E-state index in [1.807, 2.05) is 62.1 Å². The molecule has 184 valence electrons. The molecule has 7 heteroatoms. The molecule has 0 bridgehead atoms. The minimum Gasteiger partial charge on any atom is -0.484 e. The van der Waals surface area contributed by atoms with Crippen molar-refractivity contribution in [2.75, 3.05) is 32.5 Å². The van der Waals surface area contributed by atoms with Gasteiger partial charge in [0.2, 0.25) is 0 Å². The Bertz CT molecular complexity index is 1510. The van der Waals surface area contributed by atoms with Crippen molar-refractivity contribution < 1.29 is 14.9 Å². The van der Waals surface area contributed by atoms with Crippen LogP contribution in [0.25, 0.3) is 32.6 Å². The Labute approximate surface area is 204 Å². The molecule has 2 atom stereocenters. The zero-order chi connectivity index (χ0) is 25.1. The maximum atomic E-state index is 14.0. The zero-order valence-electron chi connectivity index (χ0n) is 20.9. The van der Waals surface area contributed by atoms with Gasteiger partial charge in [-0.05, 0) is 63.8 Å². The number of aliphatic hydroxyl groups excluding tert-OH is 2. The van der Waals surface area contributed by atoms with E-state index < -0.39 is 17.8 Å². The molecule has 0 saturated carbocycles. The van der Waals surface area contributed by atoms with Crippen LogP contribution in [-0.2, 0) is 7.05 Å². The van der Waals surface area contributed by atoms with Crippen LogP contribution in [0.15, 0.2) is 47.3 Å². The molecule has 7 nitrogen and oxygen atoms in total. The number of pyridine rings is 1. The molecule has 3 aromatic carbocycles. The van der Waals surface area contributed by atoms with Crippen LogP contribution >= 0.6 is 0 Å². The number of benzene rings is 3. The standard InChI is InChI=1S/C28H33N3O4/c1-28(2)27(34)26(33)23-21(35-28)15-19(29-11-8-12-30(3)4)22-24(23)31(5)20-14-17-10-7-6-9-16(17)13-18(20)25(22)32/h6-7,9-10,13-15,26-27,29,33-34H,8,11-12H2,1-5H3/t26-,27-/m1/s1. The number of ether oxygens (including phenoxy) is 1. The van der Waals surface area contributed by atoms with Gasteiger partial charge in [-0.3, -0.25) is 4.79 Å². The van der Waals surface area contributed by atoms with Crippen LogP contribution in [0.1, 0.15) is 31.9 Å². The second kappa shape index (κ2) is 8.52. The number of aryl methyl sites for hydroxylation is 1. The minimum absolute atomic E-state index is 0.108. The Kier molecular flexibility index (Phi) is 5.74. The first-order chi connectivity index (χ1) is 16.6. The predicted octanol–water partition coefficient (Wildman–Crippen LogP) is 3.77. The van der Waals surface area contributed by atoms with E-state index in [0.717, 1.165) is 29.3 Å². The first kappa shape index (κ1) is 23.6. The molecule has 0 spiro atoms. The molecule has 1 aliphatic rings. The average Bonchev–Trinajstić information content (AvgIpc) is 2.81. The van der Waals surface area contributed by atoms with Crippen molar-refractivity contribution in [3.63, 3.8) is 0 Å². The van der Waals surface area contributed by atoms with Crippen molar-refractivity contribution in [3.8, 4) is 5.75 Å². The Morgan fingerprint density at radius 1 is 1.11 bits per heavy atom. The molecule has 5 rings (SSSR count). The summed E-state index contributed by atoms with van der Waals surface area (Å²) in [5, 5.41) is 28.6. The normalized spacial score (nSPS) is 19.3. The Morgan fingerprint density at radius 3 is 2.49 bits per heavy atom. The van der Waals surface area contributed by atoms with Gasteiger partial charge in [0.1, 0.15) is 23.6 Å². The highest BCUT2D eigenvalue weighted by atomic mass is 16.5.